The largest absolute Gasteiger partial charge is 0.497 e. The summed E-state index contributed by atoms with van der Waals surface area (Å²) in [7, 11) is 1.63. The van der Waals surface area contributed by atoms with Crippen molar-refractivity contribution in [1.82, 2.24) is 4.98 Å². The maximum Gasteiger partial charge on any atom is 0.203 e. The molecule has 3 rings (SSSR count). The van der Waals surface area contributed by atoms with Gasteiger partial charge in [0, 0.05) is 16.0 Å². The van der Waals surface area contributed by atoms with Gasteiger partial charge in [0.05, 0.1) is 24.0 Å². The fourth-order valence-electron chi connectivity index (χ4n) is 2.03. The fourth-order valence-corrected chi connectivity index (χ4v) is 3.19. The van der Waals surface area contributed by atoms with E-state index in [1.807, 2.05) is 35.7 Å². The maximum atomic E-state index is 6.20. The van der Waals surface area contributed by atoms with Gasteiger partial charge in [0.15, 0.2) is 0 Å². The van der Waals surface area contributed by atoms with Crippen LogP contribution in [-0.2, 0) is 0 Å². The molecule has 24 heavy (non-hydrogen) atoms. The molecule has 7 heteroatoms. The van der Waals surface area contributed by atoms with E-state index < -0.39 is 0 Å². The van der Waals surface area contributed by atoms with Gasteiger partial charge >= 0.3 is 0 Å². The van der Waals surface area contributed by atoms with E-state index in [0.29, 0.717) is 15.2 Å². The Balaban J connectivity index is 1.71. The number of halogens is 2. The molecular formula is C17H13Cl2N3OS. The third-order valence-corrected chi connectivity index (χ3v) is 4.47. The quantitative estimate of drug-likeness (QED) is 0.466. The molecule has 0 radical (unpaired) electrons. The molecule has 122 valence electrons. The maximum absolute atomic E-state index is 6.20. The van der Waals surface area contributed by atoms with Crippen LogP contribution in [0.25, 0.3) is 11.3 Å². The van der Waals surface area contributed by atoms with Gasteiger partial charge in [-0.2, -0.15) is 5.10 Å². The molecule has 0 saturated heterocycles. The minimum Gasteiger partial charge on any atom is -0.497 e. The van der Waals surface area contributed by atoms with Crippen LogP contribution in [0.2, 0.25) is 10.0 Å². The summed E-state index contributed by atoms with van der Waals surface area (Å²) >= 11 is 13.6. The number of benzene rings is 2. The number of nitrogens with zero attached hydrogens (tertiary/aromatic N) is 2. The van der Waals surface area contributed by atoms with Crippen LogP contribution in [0.5, 0.6) is 5.75 Å². The molecule has 1 heterocycles. The number of hydrogen-bond acceptors (Lipinski definition) is 5. The molecule has 1 N–H and O–H groups in total. The Bertz CT molecular complexity index is 880. The Kier molecular flexibility index (Phi) is 5.35. The SMILES string of the molecule is COc1cccc(/C=N\Nc2nc(-c3ccc(Cl)cc3Cl)cs2)c1. The second kappa shape index (κ2) is 7.66. The monoisotopic (exact) mass is 377 g/mol. The highest BCUT2D eigenvalue weighted by Gasteiger charge is 2.08. The van der Waals surface area contributed by atoms with E-state index in [2.05, 4.69) is 15.5 Å². The molecule has 0 fully saturated rings. The van der Waals surface area contributed by atoms with E-state index in [1.165, 1.54) is 11.3 Å². The normalized spacial score (nSPS) is 11.0. The zero-order valence-corrected chi connectivity index (χ0v) is 15.0. The number of anilines is 1. The average Bonchev–Trinajstić information content (AvgIpc) is 3.03. The Hall–Kier alpha value is -2.08. The summed E-state index contributed by atoms with van der Waals surface area (Å²) in [6.07, 6.45) is 1.71. The third kappa shape index (κ3) is 4.06. The number of ether oxygens (including phenoxy) is 1. The van der Waals surface area contributed by atoms with Gasteiger partial charge < -0.3 is 4.74 Å². The van der Waals surface area contributed by atoms with Crippen molar-refractivity contribution >= 4 is 45.9 Å². The molecule has 0 aliphatic carbocycles. The lowest BCUT2D eigenvalue weighted by molar-refractivity contribution is 0.415. The molecule has 0 aliphatic rings. The highest BCUT2D eigenvalue weighted by molar-refractivity contribution is 7.14. The van der Waals surface area contributed by atoms with Gasteiger partial charge in [-0.05, 0) is 35.9 Å². The van der Waals surface area contributed by atoms with Crippen molar-refractivity contribution in [3.8, 4) is 17.0 Å². The predicted octanol–water partition coefficient (Wildman–Crippen LogP) is 5.57. The summed E-state index contributed by atoms with van der Waals surface area (Å²) in [5, 5.41) is 7.95. The minimum atomic E-state index is 0.569. The topological polar surface area (TPSA) is 46.5 Å². The summed E-state index contributed by atoms with van der Waals surface area (Å²) in [6.45, 7) is 0. The Morgan fingerprint density at radius 1 is 1.21 bits per heavy atom. The molecule has 0 spiro atoms. The molecule has 0 aliphatic heterocycles. The second-order valence-corrected chi connectivity index (χ2v) is 6.51. The number of aromatic nitrogens is 1. The molecule has 0 amide bonds. The third-order valence-electron chi connectivity index (χ3n) is 3.18. The van der Waals surface area contributed by atoms with Crippen molar-refractivity contribution in [2.24, 2.45) is 5.10 Å². The lowest BCUT2D eigenvalue weighted by Gasteiger charge is -2.01. The van der Waals surface area contributed by atoms with Crippen LogP contribution < -0.4 is 10.2 Å². The molecule has 0 unspecified atom stereocenters. The van der Waals surface area contributed by atoms with Gasteiger partial charge in [-0.15, -0.1) is 11.3 Å². The fraction of sp³-hybridized carbons (Fsp3) is 0.0588. The molecule has 0 atom stereocenters. The number of methoxy groups -OCH3 is 1. The van der Waals surface area contributed by atoms with Crippen LogP contribution in [0.15, 0.2) is 52.9 Å². The Labute approximate surface area is 153 Å². The van der Waals surface area contributed by atoms with E-state index >= 15 is 0 Å². The lowest BCUT2D eigenvalue weighted by Crippen LogP contribution is -1.91. The van der Waals surface area contributed by atoms with Crippen molar-refractivity contribution in [3.63, 3.8) is 0 Å². The molecule has 4 nitrogen and oxygen atoms in total. The number of hydrogen-bond donors (Lipinski definition) is 1. The highest BCUT2D eigenvalue weighted by atomic mass is 35.5. The van der Waals surface area contributed by atoms with E-state index in [0.717, 1.165) is 22.6 Å². The first-order valence-corrected chi connectivity index (χ1v) is 8.63. The van der Waals surface area contributed by atoms with E-state index in [4.69, 9.17) is 27.9 Å². The van der Waals surface area contributed by atoms with Gasteiger partial charge in [0.25, 0.3) is 0 Å². The second-order valence-electron chi connectivity index (χ2n) is 4.81. The zero-order valence-electron chi connectivity index (χ0n) is 12.7. The number of rotatable bonds is 5. The summed E-state index contributed by atoms with van der Waals surface area (Å²) < 4.78 is 5.18. The van der Waals surface area contributed by atoms with Gasteiger partial charge in [-0.3, -0.25) is 5.43 Å². The van der Waals surface area contributed by atoms with E-state index in [-0.39, 0.29) is 0 Å². The van der Waals surface area contributed by atoms with Gasteiger partial charge in [-0.1, -0.05) is 35.3 Å². The number of hydrazone groups is 1. The summed E-state index contributed by atoms with van der Waals surface area (Å²) in [4.78, 5) is 4.48. The zero-order chi connectivity index (χ0) is 16.9. The Morgan fingerprint density at radius 2 is 2.08 bits per heavy atom. The minimum absolute atomic E-state index is 0.569. The van der Waals surface area contributed by atoms with Crippen LogP contribution in [0, 0.1) is 0 Å². The number of thiazole rings is 1. The first kappa shape index (κ1) is 16.8. The number of nitrogens with one attached hydrogen (secondary N) is 1. The van der Waals surface area contributed by atoms with Crippen molar-refractivity contribution in [2.45, 2.75) is 0 Å². The van der Waals surface area contributed by atoms with Crippen molar-refractivity contribution in [1.29, 1.82) is 0 Å². The summed E-state index contributed by atoms with van der Waals surface area (Å²) in [5.74, 6) is 0.785. The molecular weight excluding hydrogens is 365 g/mol. The Morgan fingerprint density at radius 3 is 2.88 bits per heavy atom. The first-order valence-electron chi connectivity index (χ1n) is 7.00. The summed E-state index contributed by atoms with van der Waals surface area (Å²) in [6, 6.07) is 13.0. The predicted molar refractivity (Wildman–Crippen MR) is 102 cm³/mol. The van der Waals surface area contributed by atoms with Crippen molar-refractivity contribution in [3.05, 3.63) is 63.5 Å². The summed E-state index contributed by atoms with van der Waals surface area (Å²) in [5.41, 5.74) is 5.46. The molecule has 1 aromatic heterocycles. The van der Waals surface area contributed by atoms with Crippen LogP contribution in [0.1, 0.15) is 5.56 Å². The average molecular weight is 378 g/mol. The standard InChI is InChI=1S/C17H13Cl2N3OS/c1-23-13-4-2-3-11(7-13)9-20-22-17-21-16(10-24-17)14-6-5-12(18)8-15(14)19/h2-10H,1H3,(H,21,22)/b20-9-. The molecule has 2 aromatic carbocycles. The van der Waals surface area contributed by atoms with E-state index in [1.54, 1.807) is 25.5 Å². The van der Waals surface area contributed by atoms with Gasteiger partial charge in [-0.25, -0.2) is 4.98 Å². The van der Waals surface area contributed by atoms with Crippen molar-refractivity contribution < 1.29 is 4.74 Å². The molecule has 0 saturated carbocycles. The highest BCUT2D eigenvalue weighted by Crippen LogP contribution is 2.32. The first-order chi connectivity index (χ1) is 11.7. The van der Waals surface area contributed by atoms with Gasteiger partial charge in [0.1, 0.15) is 5.75 Å². The van der Waals surface area contributed by atoms with E-state index in [9.17, 15) is 0 Å². The van der Waals surface area contributed by atoms with Crippen LogP contribution in [-0.4, -0.2) is 18.3 Å². The lowest BCUT2D eigenvalue weighted by atomic mass is 10.2. The van der Waals surface area contributed by atoms with Crippen LogP contribution in [0.4, 0.5) is 5.13 Å². The van der Waals surface area contributed by atoms with Crippen molar-refractivity contribution in [2.75, 3.05) is 12.5 Å². The van der Waals surface area contributed by atoms with Crippen LogP contribution in [0.3, 0.4) is 0 Å². The molecule has 3 aromatic rings. The van der Waals surface area contributed by atoms with Crippen LogP contribution >= 0.6 is 34.5 Å². The smallest absolute Gasteiger partial charge is 0.203 e. The van der Waals surface area contributed by atoms with Gasteiger partial charge in [0.2, 0.25) is 5.13 Å². The molecule has 0 bridgehead atoms.